The van der Waals surface area contributed by atoms with Gasteiger partial charge in [-0.2, -0.15) is 0 Å². The quantitative estimate of drug-likeness (QED) is 0.241. The minimum Gasteiger partial charge on any atom is -0.482 e. The lowest BCUT2D eigenvalue weighted by atomic mass is 10.1. The second kappa shape index (κ2) is 14.7. The minimum atomic E-state index is -0.215. The summed E-state index contributed by atoms with van der Waals surface area (Å²) >= 11 is 6.14. The number of amides is 1. The standard InChI is InChI=1S/C28H37ClN2O4/c1-2-3-4-5-6-7-8-9-14-28(33)31-17-15-30(16-18-31)20-24-19-26(32)27(22-34-24)35-21-23-12-10-11-13-25(23)29/h2,10-13,19,22H,1,3-9,14-18,20-21H2. The molecule has 1 saturated heterocycles. The number of unbranched alkanes of at least 4 members (excludes halogenated alkanes) is 6. The summed E-state index contributed by atoms with van der Waals surface area (Å²) in [5, 5.41) is 0.598. The van der Waals surface area contributed by atoms with Crippen LogP contribution in [0, 0.1) is 0 Å². The van der Waals surface area contributed by atoms with Gasteiger partial charge in [-0.05, 0) is 25.3 Å². The third kappa shape index (κ3) is 9.19. The summed E-state index contributed by atoms with van der Waals surface area (Å²) in [6.45, 7) is 7.45. The molecule has 2 aromatic rings. The number of rotatable bonds is 14. The SMILES string of the molecule is C=CCCCCCCCCC(=O)N1CCN(Cc2cc(=O)c(OCc3ccccc3Cl)co2)CC1. The first-order chi connectivity index (χ1) is 17.1. The molecule has 2 heterocycles. The number of carbonyl (C=O) groups is 1. The third-order valence-electron chi connectivity index (χ3n) is 6.35. The summed E-state index contributed by atoms with van der Waals surface area (Å²) < 4.78 is 11.3. The van der Waals surface area contributed by atoms with Crippen molar-refractivity contribution in [3.05, 3.63) is 75.8 Å². The van der Waals surface area contributed by atoms with Gasteiger partial charge in [0.2, 0.25) is 17.1 Å². The fourth-order valence-electron chi connectivity index (χ4n) is 4.20. The molecule has 6 nitrogen and oxygen atoms in total. The van der Waals surface area contributed by atoms with E-state index in [1.807, 2.05) is 29.2 Å². The van der Waals surface area contributed by atoms with E-state index in [1.165, 1.54) is 38.0 Å². The summed E-state index contributed by atoms with van der Waals surface area (Å²) in [4.78, 5) is 29.1. The van der Waals surface area contributed by atoms with Crippen molar-refractivity contribution in [2.45, 2.75) is 64.5 Å². The van der Waals surface area contributed by atoms with Crippen LogP contribution in [-0.2, 0) is 17.9 Å². The number of piperazine rings is 1. The van der Waals surface area contributed by atoms with Gasteiger partial charge in [-0.15, -0.1) is 6.58 Å². The van der Waals surface area contributed by atoms with Crippen molar-refractivity contribution in [2.24, 2.45) is 0 Å². The van der Waals surface area contributed by atoms with Crippen molar-refractivity contribution >= 4 is 17.5 Å². The lowest BCUT2D eigenvalue weighted by Crippen LogP contribution is -2.48. The van der Waals surface area contributed by atoms with Crippen molar-refractivity contribution in [1.82, 2.24) is 9.80 Å². The predicted octanol–water partition coefficient (Wildman–Crippen LogP) is 5.82. The van der Waals surface area contributed by atoms with Gasteiger partial charge in [0.25, 0.3) is 0 Å². The van der Waals surface area contributed by atoms with Crippen LogP contribution in [0.4, 0.5) is 0 Å². The minimum absolute atomic E-state index is 0.167. The maximum Gasteiger partial charge on any atom is 0.227 e. The average molecular weight is 501 g/mol. The molecule has 1 fully saturated rings. The number of ether oxygens (including phenoxy) is 1. The van der Waals surface area contributed by atoms with Gasteiger partial charge >= 0.3 is 0 Å². The highest BCUT2D eigenvalue weighted by atomic mass is 35.5. The smallest absolute Gasteiger partial charge is 0.227 e. The van der Waals surface area contributed by atoms with Crippen molar-refractivity contribution in [3.8, 4) is 5.75 Å². The molecule has 0 atom stereocenters. The third-order valence-corrected chi connectivity index (χ3v) is 6.72. The van der Waals surface area contributed by atoms with Crippen LogP contribution in [0.2, 0.25) is 5.02 Å². The summed E-state index contributed by atoms with van der Waals surface area (Å²) in [7, 11) is 0. The van der Waals surface area contributed by atoms with Crippen LogP contribution in [0.15, 0.2) is 58.5 Å². The Morgan fingerprint density at radius 2 is 1.77 bits per heavy atom. The monoisotopic (exact) mass is 500 g/mol. The molecule has 35 heavy (non-hydrogen) atoms. The Bertz CT molecular complexity index is 998. The highest BCUT2D eigenvalue weighted by Gasteiger charge is 2.21. The number of nitrogens with zero attached hydrogens (tertiary/aromatic N) is 2. The molecule has 1 aliphatic heterocycles. The normalized spacial score (nSPS) is 14.1. The molecule has 0 bridgehead atoms. The van der Waals surface area contributed by atoms with E-state index >= 15 is 0 Å². The van der Waals surface area contributed by atoms with Gasteiger partial charge in [-0.3, -0.25) is 14.5 Å². The molecule has 0 aliphatic carbocycles. The summed E-state index contributed by atoms with van der Waals surface area (Å²) in [6, 6.07) is 8.84. The summed E-state index contributed by atoms with van der Waals surface area (Å²) in [5.41, 5.74) is 0.595. The van der Waals surface area contributed by atoms with Crippen LogP contribution in [-0.4, -0.2) is 41.9 Å². The molecule has 190 valence electrons. The van der Waals surface area contributed by atoms with Crippen molar-refractivity contribution in [1.29, 1.82) is 0 Å². The van der Waals surface area contributed by atoms with Gasteiger partial charge in [0.1, 0.15) is 18.6 Å². The van der Waals surface area contributed by atoms with E-state index in [2.05, 4.69) is 11.5 Å². The first kappa shape index (κ1) is 27.0. The molecule has 1 aromatic heterocycles. The molecule has 0 radical (unpaired) electrons. The van der Waals surface area contributed by atoms with E-state index in [-0.39, 0.29) is 23.7 Å². The van der Waals surface area contributed by atoms with Crippen LogP contribution < -0.4 is 10.2 Å². The molecule has 1 aromatic carbocycles. The molecule has 0 N–H and O–H groups in total. The van der Waals surface area contributed by atoms with E-state index in [0.717, 1.165) is 37.9 Å². The van der Waals surface area contributed by atoms with Gasteiger partial charge in [0.05, 0.1) is 6.54 Å². The Hall–Kier alpha value is -2.57. The zero-order valence-corrected chi connectivity index (χ0v) is 21.3. The maximum atomic E-state index is 12.5. The van der Waals surface area contributed by atoms with Crippen molar-refractivity contribution in [3.63, 3.8) is 0 Å². The first-order valence-electron chi connectivity index (χ1n) is 12.7. The second-order valence-electron chi connectivity index (χ2n) is 9.06. The van der Waals surface area contributed by atoms with Crippen molar-refractivity contribution in [2.75, 3.05) is 26.2 Å². The van der Waals surface area contributed by atoms with Crippen LogP contribution in [0.25, 0.3) is 0 Å². The highest BCUT2D eigenvalue weighted by molar-refractivity contribution is 6.31. The highest BCUT2D eigenvalue weighted by Crippen LogP contribution is 2.18. The summed E-state index contributed by atoms with van der Waals surface area (Å²) in [6.07, 6.45) is 12.1. The molecule has 1 aliphatic rings. The van der Waals surface area contributed by atoms with E-state index in [0.29, 0.717) is 36.8 Å². The Labute approximate surface area is 213 Å². The zero-order chi connectivity index (χ0) is 24.9. The Morgan fingerprint density at radius 3 is 2.49 bits per heavy atom. The molecular formula is C28H37ClN2O4. The number of halogens is 1. The predicted molar refractivity (Wildman–Crippen MR) is 140 cm³/mol. The number of hydrogen-bond donors (Lipinski definition) is 0. The van der Waals surface area contributed by atoms with Gasteiger partial charge in [-0.1, -0.05) is 61.6 Å². The summed E-state index contributed by atoms with van der Waals surface area (Å²) in [5.74, 6) is 1.01. The second-order valence-corrected chi connectivity index (χ2v) is 9.47. The Morgan fingerprint density at radius 1 is 1.06 bits per heavy atom. The van der Waals surface area contributed by atoms with Gasteiger partial charge in [-0.25, -0.2) is 0 Å². The van der Waals surface area contributed by atoms with E-state index in [9.17, 15) is 9.59 Å². The van der Waals surface area contributed by atoms with E-state index in [1.54, 1.807) is 6.07 Å². The number of hydrogen-bond acceptors (Lipinski definition) is 5. The largest absolute Gasteiger partial charge is 0.482 e. The lowest BCUT2D eigenvalue weighted by Gasteiger charge is -2.34. The molecule has 0 saturated carbocycles. The van der Waals surface area contributed by atoms with E-state index < -0.39 is 0 Å². The van der Waals surface area contributed by atoms with Crippen LogP contribution >= 0.6 is 11.6 Å². The number of benzene rings is 1. The van der Waals surface area contributed by atoms with Gasteiger partial charge in [0, 0.05) is 49.3 Å². The number of carbonyl (C=O) groups excluding carboxylic acids is 1. The van der Waals surface area contributed by atoms with E-state index in [4.69, 9.17) is 20.8 Å². The molecule has 0 unspecified atom stereocenters. The fraction of sp³-hybridized carbons (Fsp3) is 0.500. The Kier molecular flexibility index (Phi) is 11.4. The molecular weight excluding hydrogens is 464 g/mol. The maximum absolute atomic E-state index is 12.5. The van der Waals surface area contributed by atoms with Gasteiger partial charge in [0.15, 0.2) is 0 Å². The first-order valence-corrected chi connectivity index (χ1v) is 13.0. The van der Waals surface area contributed by atoms with Crippen molar-refractivity contribution < 1.29 is 13.9 Å². The van der Waals surface area contributed by atoms with Crippen LogP contribution in [0.1, 0.15) is 62.7 Å². The molecule has 0 spiro atoms. The lowest BCUT2D eigenvalue weighted by molar-refractivity contribution is -0.133. The Balaban J connectivity index is 1.34. The average Bonchev–Trinajstić information content (AvgIpc) is 2.86. The topological polar surface area (TPSA) is 63.0 Å². The van der Waals surface area contributed by atoms with Crippen LogP contribution in [0.3, 0.4) is 0 Å². The zero-order valence-electron chi connectivity index (χ0n) is 20.6. The molecule has 1 amide bonds. The molecule has 3 rings (SSSR count). The van der Waals surface area contributed by atoms with Gasteiger partial charge < -0.3 is 14.1 Å². The number of allylic oxidation sites excluding steroid dienone is 1. The van der Waals surface area contributed by atoms with Crippen LogP contribution in [0.5, 0.6) is 5.75 Å². The fourth-order valence-corrected chi connectivity index (χ4v) is 4.39. The molecule has 7 heteroatoms.